The minimum absolute atomic E-state index is 0.126. The summed E-state index contributed by atoms with van der Waals surface area (Å²) in [6, 6.07) is 10.4. The molecule has 2 aromatic rings. The normalized spacial score (nSPS) is 11.9. The highest BCUT2D eigenvalue weighted by atomic mass is 79.9. The first kappa shape index (κ1) is 11.6. The van der Waals surface area contributed by atoms with Crippen molar-refractivity contribution in [2.45, 2.75) is 4.90 Å². The molecule has 0 aliphatic carbocycles. The smallest absolute Gasteiger partial charge is 0.264 e. The summed E-state index contributed by atoms with van der Waals surface area (Å²) in [5, 5.41) is 1.45. The third-order valence-corrected chi connectivity index (χ3v) is 3.93. The van der Waals surface area contributed by atoms with Gasteiger partial charge in [0, 0.05) is 9.86 Å². The molecule has 83 valence electrons. The lowest BCUT2D eigenvalue weighted by molar-refractivity contribution is 0.439. The summed E-state index contributed by atoms with van der Waals surface area (Å²) in [4.78, 5) is 0.126. The first-order valence-electron chi connectivity index (χ1n) is 4.41. The molecule has 2 rings (SSSR count). The number of rotatable bonds is 2. The van der Waals surface area contributed by atoms with Crippen LogP contribution in [0.3, 0.4) is 0 Å². The summed E-state index contributed by atoms with van der Waals surface area (Å²) < 4.78 is 28.3. The first-order chi connectivity index (χ1) is 7.54. The molecule has 1 radical (unpaired) electrons. The molecule has 0 saturated heterocycles. The SMILES string of the molecule is [CH2]OS(=O)(=O)c1cccc2ccc(Br)cc12. The second kappa shape index (κ2) is 4.16. The van der Waals surface area contributed by atoms with Crippen molar-refractivity contribution in [3.63, 3.8) is 0 Å². The van der Waals surface area contributed by atoms with Crippen LogP contribution in [0.2, 0.25) is 0 Å². The van der Waals surface area contributed by atoms with Crippen LogP contribution in [-0.4, -0.2) is 8.42 Å². The summed E-state index contributed by atoms with van der Waals surface area (Å²) in [6.07, 6.45) is 0. The molecule has 0 N–H and O–H groups in total. The van der Waals surface area contributed by atoms with Crippen molar-refractivity contribution in [1.82, 2.24) is 0 Å². The molecule has 0 heterocycles. The molecule has 0 unspecified atom stereocenters. The van der Waals surface area contributed by atoms with Gasteiger partial charge in [-0.2, -0.15) is 8.42 Å². The van der Waals surface area contributed by atoms with E-state index in [0.29, 0.717) is 5.39 Å². The van der Waals surface area contributed by atoms with E-state index in [-0.39, 0.29) is 4.90 Å². The van der Waals surface area contributed by atoms with Gasteiger partial charge >= 0.3 is 0 Å². The second-order valence-corrected chi connectivity index (χ2v) is 5.69. The summed E-state index contributed by atoms with van der Waals surface area (Å²) >= 11 is 3.30. The lowest BCUT2D eigenvalue weighted by Crippen LogP contribution is -2.02. The Morgan fingerprint density at radius 3 is 2.62 bits per heavy atom. The lowest BCUT2D eigenvalue weighted by Gasteiger charge is -2.06. The van der Waals surface area contributed by atoms with Crippen LogP contribution in [-0.2, 0) is 14.3 Å². The highest BCUT2D eigenvalue weighted by Crippen LogP contribution is 2.27. The molecule has 0 atom stereocenters. The van der Waals surface area contributed by atoms with Crippen molar-refractivity contribution < 1.29 is 12.6 Å². The van der Waals surface area contributed by atoms with Crippen molar-refractivity contribution in [3.8, 4) is 0 Å². The highest BCUT2D eigenvalue weighted by Gasteiger charge is 2.16. The average molecular weight is 300 g/mol. The van der Waals surface area contributed by atoms with Crippen molar-refractivity contribution in [3.05, 3.63) is 48.0 Å². The number of hydrogen-bond donors (Lipinski definition) is 0. The van der Waals surface area contributed by atoms with Crippen LogP contribution in [0.4, 0.5) is 0 Å². The molecular formula is C11H8BrO3S. The Morgan fingerprint density at radius 2 is 1.94 bits per heavy atom. The number of halogens is 1. The van der Waals surface area contributed by atoms with E-state index in [1.807, 2.05) is 18.2 Å². The van der Waals surface area contributed by atoms with E-state index >= 15 is 0 Å². The van der Waals surface area contributed by atoms with Crippen LogP contribution in [0.15, 0.2) is 45.8 Å². The van der Waals surface area contributed by atoms with E-state index in [1.165, 1.54) is 6.07 Å². The minimum Gasteiger partial charge on any atom is -0.264 e. The van der Waals surface area contributed by atoms with E-state index in [0.717, 1.165) is 9.86 Å². The fourth-order valence-corrected chi connectivity index (χ4v) is 2.68. The molecule has 0 amide bonds. The molecule has 0 aliphatic rings. The molecule has 0 aromatic heterocycles. The lowest BCUT2D eigenvalue weighted by atomic mass is 10.1. The summed E-state index contributed by atoms with van der Waals surface area (Å²) in [7, 11) is -0.810. The van der Waals surface area contributed by atoms with E-state index in [9.17, 15) is 8.42 Å². The van der Waals surface area contributed by atoms with Crippen molar-refractivity contribution >= 4 is 36.8 Å². The average Bonchev–Trinajstić information content (AvgIpc) is 2.28. The molecular weight excluding hydrogens is 292 g/mol. The molecule has 0 fully saturated rings. The molecule has 3 nitrogen and oxygen atoms in total. The third kappa shape index (κ3) is 1.98. The highest BCUT2D eigenvalue weighted by molar-refractivity contribution is 9.10. The molecule has 5 heteroatoms. The number of benzene rings is 2. The van der Waals surface area contributed by atoms with Crippen LogP contribution in [0.5, 0.6) is 0 Å². The monoisotopic (exact) mass is 299 g/mol. The van der Waals surface area contributed by atoms with Gasteiger partial charge in [-0.15, -0.1) is 0 Å². The zero-order valence-corrected chi connectivity index (χ0v) is 10.6. The van der Waals surface area contributed by atoms with Gasteiger partial charge in [0.25, 0.3) is 10.1 Å². The topological polar surface area (TPSA) is 43.4 Å². The van der Waals surface area contributed by atoms with E-state index in [2.05, 4.69) is 27.2 Å². The molecule has 16 heavy (non-hydrogen) atoms. The quantitative estimate of drug-likeness (QED) is 0.800. The maximum atomic E-state index is 11.6. The Hall–Kier alpha value is -0.910. The Balaban J connectivity index is 2.85. The Morgan fingerprint density at radius 1 is 1.19 bits per heavy atom. The third-order valence-electron chi connectivity index (χ3n) is 2.23. The summed E-state index contributed by atoms with van der Waals surface area (Å²) in [5.74, 6) is 0. The fraction of sp³-hybridized carbons (Fsp3) is 0. The Bertz CT molecular complexity index is 635. The first-order valence-corrected chi connectivity index (χ1v) is 6.62. The molecule has 2 aromatic carbocycles. The van der Waals surface area contributed by atoms with Crippen molar-refractivity contribution in [2.24, 2.45) is 0 Å². The van der Waals surface area contributed by atoms with Crippen LogP contribution in [0.25, 0.3) is 10.8 Å². The summed E-state index contributed by atoms with van der Waals surface area (Å²) in [6.45, 7) is 0. The van der Waals surface area contributed by atoms with Gasteiger partial charge in [-0.05, 0) is 23.6 Å². The second-order valence-electron chi connectivity index (χ2n) is 3.19. The Kier molecular flexibility index (Phi) is 3.01. The van der Waals surface area contributed by atoms with E-state index in [1.54, 1.807) is 12.1 Å². The van der Waals surface area contributed by atoms with Crippen molar-refractivity contribution in [1.29, 1.82) is 0 Å². The van der Waals surface area contributed by atoms with Gasteiger partial charge in [-0.1, -0.05) is 34.1 Å². The maximum absolute atomic E-state index is 11.6. The van der Waals surface area contributed by atoms with Gasteiger partial charge in [-0.25, -0.2) is 0 Å². The molecule has 0 bridgehead atoms. The fourth-order valence-electron chi connectivity index (χ4n) is 1.50. The van der Waals surface area contributed by atoms with Gasteiger partial charge in [0.15, 0.2) is 0 Å². The predicted molar refractivity (Wildman–Crippen MR) is 65.3 cm³/mol. The van der Waals surface area contributed by atoms with E-state index in [4.69, 9.17) is 0 Å². The van der Waals surface area contributed by atoms with Gasteiger partial charge in [0.1, 0.15) is 4.90 Å². The molecule has 0 spiro atoms. The maximum Gasteiger partial charge on any atom is 0.297 e. The van der Waals surface area contributed by atoms with Gasteiger partial charge < -0.3 is 0 Å². The van der Waals surface area contributed by atoms with Gasteiger partial charge in [0.2, 0.25) is 0 Å². The van der Waals surface area contributed by atoms with Crippen LogP contribution < -0.4 is 0 Å². The molecule has 0 saturated carbocycles. The zero-order valence-electron chi connectivity index (χ0n) is 8.18. The molecule has 0 aliphatic heterocycles. The van der Waals surface area contributed by atoms with Crippen LogP contribution in [0.1, 0.15) is 0 Å². The van der Waals surface area contributed by atoms with E-state index < -0.39 is 10.1 Å². The number of fused-ring (bicyclic) bond motifs is 1. The summed E-state index contributed by atoms with van der Waals surface area (Å²) in [5.41, 5.74) is 0. The standard InChI is InChI=1S/C11H8BrO3S/c1-15-16(13,14)11-4-2-3-8-5-6-9(12)7-10(8)11/h2-7H,1H2. The largest absolute Gasteiger partial charge is 0.297 e. The van der Waals surface area contributed by atoms with Crippen molar-refractivity contribution in [2.75, 3.05) is 0 Å². The van der Waals surface area contributed by atoms with Crippen LogP contribution >= 0.6 is 15.9 Å². The Labute approximate surface area is 102 Å². The minimum atomic E-state index is -3.77. The zero-order chi connectivity index (χ0) is 11.8. The van der Waals surface area contributed by atoms with Crippen LogP contribution in [0, 0.1) is 7.11 Å². The number of hydrogen-bond acceptors (Lipinski definition) is 3. The van der Waals surface area contributed by atoms with Gasteiger partial charge in [-0.3, -0.25) is 4.18 Å². The predicted octanol–water partition coefficient (Wildman–Crippen LogP) is 3.10. The van der Waals surface area contributed by atoms with Gasteiger partial charge in [0.05, 0.1) is 7.11 Å².